The van der Waals surface area contributed by atoms with E-state index in [1.54, 1.807) is 0 Å². The molecule has 4 heteroatoms. The van der Waals surface area contributed by atoms with E-state index in [4.69, 9.17) is 4.74 Å². The van der Waals surface area contributed by atoms with E-state index in [-0.39, 0.29) is 0 Å². The second kappa shape index (κ2) is 6.01. The van der Waals surface area contributed by atoms with Crippen molar-refractivity contribution >= 4 is 0 Å². The number of nitrogens with one attached hydrogen (secondary N) is 1. The summed E-state index contributed by atoms with van der Waals surface area (Å²) in [6, 6.07) is 0. The molecule has 16 heavy (non-hydrogen) atoms. The lowest BCUT2D eigenvalue weighted by Crippen LogP contribution is -2.23. The molecule has 2 heterocycles. The molecule has 0 aliphatic carbocycles. The van der Waals surface area contributed by atoms with E-state index >= 15 is 0 Å². The molecule has 90 valence electrons. The fourth-order valence-electron chi connectivity index (χ4n) is 2.09. The smallest absolute Gasteiger partial charge is 0.0948 e. The minimum atomic E-state index is 0.697. The van der Waals surface area contributed by atoms with E-state index in [9.17, 15) is 0 Å². The first-order chi connectivity index (χ1) is 7.90. The van der Waals surface area contributed by atoms with Gasteiger partial charge in [-0.25, -0.2) is 4.98 Å². The Morgan fingerprint density at radius 1 is 1.62 bits per heavy atom. The molecule has 1 N–H and O–H groups in total. The van der Waals surface area contributed by atoms with Crippen LogP contribution in [-0.2, 0) is 17.8 Å². The summed E-state index contributed by atoms with van der Waals surface area (Å²) in [7, 11) is 0. The molecule has 1 saturated heterocycles. The molecule has 1 aliphatic heterocycles. The zero-order valence-electron chi connectivity index (χ0n) is 9.98. The van der Waals surface area contributed by atoms with Crippen LogP contribution in [0.15, 0.2) is 12.5 Å². The van der Waals surface area contributed by atoms with Gasteiger partial charge in [0, 0.05) is 32.4 Å². The molecule has 0 saturated carbocycles. The Morgan fingerprint density at radius 3 is 3.31 bits per heavy atom. The third-order valence-corrected chi connectivity index (χ3v) is 3.03. The van der Waals surface area contributed by atoms with E-state index in [2.05, 4.69) is 21.8 Å². The van der Waals surface area contributed by atoms with Gasteiger partial charge in [0.25, 0.3) is 0 Å². The summed E-state index contributed by atoms with van der Waals surface area (Å²) < 4.78 is 7.57. The van der Waals surface area contributed by atoms with E-state index in [0.717, 1.165) is 39.3 Å². The molecule has 1 aliphatic rings. The molecule has 2 rings (SSSR count). The van der Waals surface area contributed by atoms with Crippen molar-refractivity contribution in [2.24, 2.45) is 5.92 Å². The van der Waals surface area contributed by atoms with E-state index in [1.807, 2.05) is 12.5 Å². The molecule has 1 fully saturated rings. The second-order valence-corrected chi connectivity index (χ2v) is 4.44. The van der Waals surface area contributed by atoms with Crippen molar-refractivity contribution in [3.8, 4) is 0 Å². The van der Waals surface area contributed by atoms with Crippen LogP contribution in [0, 0.1) is 5.92 Å². The van der Waals surface area contributed by atoms with E-state index in [0.29, 0.717) is 5.92 Å². The highest BCUT2D eigenvalue weighted by Gasteiger charge is 2.14. The first kappa shape index (κ1) is 11.6. The molecule has 0 radical (unpaired) electrons. The minimum absolute atomic E-state index is 0.697. The average molecular weight is 223 g/mol. The number of nitrogens with zero attached hydrogens (tertiary/aromatic N) is 2. The first-order valence-corrected chi connectivity index (χ1v) is 6.17. The van der Waals surface area contributed by atoms with Gasteiger partial charge in [0.1, 0.15) is 0 Å². The molecule has 1 atom stereocenters. The Hall–Kier alpha value is -0.870. The summed E-state index contributed by atoms with van der Waals surface area (Å²) in [5.41, 5.74) is 1.28. The highest BCUT2D eigenvalue weighted by molar-refractivity contribution is 4.97. The number of rotatable bonds is 6. The summed E-state index contributed by atoms with van der Waals surface area (Å²) >= 11 is 0. The predicted octanol–water partition coefficient (Wildman–Crippen LogP) is 1.42. The van der Waals surface area contributed by atoms with Crippen molar-refractivity contribution < 1.29 is 4.74 Å². The maximum atomic E-state index is 5.35. The van der Waals surface area contributed by atoms with Crippen LogP contribution in [0.2, 0.25) is 0 Å². The van der Waals surface area contributed by atoms with Crippen LogP contribution >= 0.6 is 0 Å². The lowest BCUT2D eigenvalue weighted by Gasteiger charge is -2.10. The number of hydrogen-bond donors (Lipinski definition) is 1. The fourth-order valence-corrected chi connectivity index (χ4v) is 2.09. The molecule has 0 bridgehead atoms. The summed E-state index contributed by atoms with van der Waals surface area (Å²) in [4.78, 5) is 4.19. The SMILES string of the molecule is CCCn1cncc1CNCC1CCOC1. The van der Waals surface area contributed by atoms with Crippen molar-refractivity contribution in [3.63, 3.8) is 0 Å². The Morgan fingerprint density at radius 2 is 2.56 bits per heavy atom. The zero-order valence-corrected chi connectivity index (χ0v) is 9.98. The second-order valence-electron chi connectivity index (χ2n) is 4.44. The zero-order chi connectivity index (χ0) is 11.2. The summed E-state index contributed by atoms with van der Waals surface area (Å²) in [5.74, 6) is 0.697. The molecular weight excluding hydrogens is 202 g/mol. The number of aromatic nitrogens is 2. The normalized spacial score (nSPS) is 20.4. The van der Waals surface area contributed by atoms with E-state index < -0.39 is 0 Å². The third-order valence-electron chi connectivity index (χ3n) is 3.03. The third kappa shape index (κ3) is 3.06. The van der Waals surface area contributed by atoms with Crippen LogP contribution in [0.3, 0.4) is 0 Å². The van der Waals surface area contributed by atoms with Gasteiger partial charge in [0.15, 0.2) is 0 Å². The lowest BCUT2D eigenvalue weighted by atomic mass is 10.1. The monoisotopic (exact) mass is 223 g/mol. The van der Waals surface area contributed by atoms with Crippen LogP contribution in [0.5, 0.6) is 0 Å². The Bertz CT molecular complexity index is 305. The van der Waals surface area contributed by atoms with Crippen molar-refractivity contribution in [1.29, 1.82) is 0 Å². The molecular formula is C12H21N3O. The van der Waals surface area contributed by atoms with E-state index in [1.165, 1.54) is 12.1 Å². The van der Waals surface area contributed by atoms with Crippen LogP contribution in [0.1, 0.15) is 25.5 Å². The van der Waals surface area contributed by atoms with Crippen molar-refractivity contribution in [2.75, 3.05) is 19.8 Å². The summed E-state index contributed by atoms with van der Waals surface area (Å²) in [6.45, 7) is 7.06. The predicted molar refractivity (Wildman–Crippen MR) is 63.2 cm³/mol. The molecule has 1 unspecified atom stereocenters. The number of aryl methyl sites for hydroxylation is 1. The number of hydrogen-bond acceptors (Lipinski definition) is 3. The maximum absolute atomic E-state index is 5.35. The van der Waals surface area contributed by atoms with Crippen molar-refractivity contribution in [2.45, 2.75) is 32.9 Å². The number of imidazole rings is 1. The molecule has 4 nitrogen and oxygen atoms in total. The van der Waals surface area contributed by atoms with Gasteiger partial charge in [0.2, 0.25) is 0 Å². The molecule has 0 aromatic carbocycles. The molecule has 0 amide bonds. The summed E-state index contributed by atoms with van der Waals surface area (Å²) in [5, 5.41) is 3.49. The maximum Gasteiger partial charge on any atom is 0.0948 e. The largest absolute Gasteiger partial charge is 0.381 e. The van der Waals surface area contributed by atoms with Crippen LogP contribution < -0.4 is 5.32 Å². The Labute approximate surface area is 97.0 Å². The van der Waals surface area contributed by atoms with Gasteiger partial charge in [-0.2, -0.15) is 0 Å². The van der Waals surface area contributed by atoms with Crippen molar-refractivity contribution in [3.05, 3.63) is 18.2 Å². The standard InChI is InChI=1S/C12H21N3O/c1-2-4-15-10-14-8-12(15)7-13-6-11-3-5-16-9-11/h8,10-11,13H,2-7,9H2,1H3. The molecule has 1 aromatic heterocycles. The highest BCUT2D eigenvalue weighted by Crippen LogP contribution is 2.11. The minimum Gasteiger partial charge on any atom is -0.381 e. The molecule has 0 spiro atoms. The van der Waals surface area contributed by atoms with Gasteiger partial charge < -0.3 is 14.6 Å². The average Bonchev–Trinajstić information content (AvgIpc) is 2.91. The fraction of sp³-hybridized carbons (Fsp3) is 0.750. The van der Waals surface area contributed by atoms with Crippen molar-refractivity contribution in [1.82, 2.24) is 14.9 Å². The number of ether oxygens (including phenoxy) is 1. The van der Waals surface area contributed by atoms with Gasteiger partial charge in [-0.1, -0.05) is 6.92 Å². The van der Waals surface area contributed by atoms with Gasteiger partial charge in [0.05, 0.1) is 18.6 Å². The van der Waals surface area contributed by atoms with Crippen LogP contribution in [-0.4, -0.2) is 29.3 Å². The summed E-state index contributed by atoms with van der Waals surface area (Å²) in [6.07, 6.45) is 6.22. The first-order valence-electron chi connectivity index (χ1n) is 6.17. The molecule has 1 aromatic rings. The lowest BCUT2D eigenvalue weighted by molar-refractivity contribution is 0.185. The van der Waals surface area contributed by atoms with Gasteiger partial charge in [-0.15, -0.1) is 0 Å². The van der Waals surface area contributed by atoms with Crippen LogP contribution in [0.4, 0.5) is 0 Å². The van der Waals surface area contributed by atoms with Gasteiger partial charge in [-0.05, 0) is 18.8 Å². The Kier molecular flexibility index (Phi) is 4.36. The quantitative estimate of drug-likeness (QED) is 0.792. The topological polar surface area (TPSA) is 39.1 Å². The Balaban J connectivity index is 1.73. The highest BCUT2D eigenvalue weighted by atomic mass is 16.5. The van der Waals surface area contributed by atoms with Gasteiger partial charge >= 0.3 is 0 Å². The van der Waals surface area contributed by atoms with Gasteiger partial charge in [-0.3, -0.25) is 0 Å². The van der Waals surface area contributed by atoms with Crippen LogP contribution in [0.25, 0.3) is 0 Å².